The molecule has 10 heteroatoms. The summed E-state index contributed by atoms with van der Waals surface area (Å²) in [6.07, 6.45) is -3.87. The molecule has 7 nitrogen and oxygen atoms in total. The lowest BCUT2D eigenvalue weighted by molar-refractivity contribution is -0.157. The number of ketones is 2. The highest BCUT2D eigenvalue weighted by Gasteiger charge is 2.51. The number of hydrogen-bond acceptors (Lipinski definition) is 6. The Hall–Kier alpha value is -3.73. The number of carbonyl (C=O) groups is 3. The average molecular weight is 638 g/mol. The van der Waals surface area contributed by atoms with Crippen LogP contribution in [0.15, 0.2) is 91.0 Å². The Kier molecular flexibility index (Phi) is 11.1. The molecular formula is C35H41F2NO6Si. The van der Waals surface area contributed by atoms with Gasteiger partial charge in [-0.25, -0.2) is 4.79 Å². The first kappa shape index (κ1) is 34.1. The average Bonchev–Trinajstić information content (AvgIpc) is 3.02. The van der Waals surface area contributed by atoms with Crippen LogP contribution in [0.2, 0.25) is 5.04 Å². The van der Waals surface area contributed by atoms with E-state index in [4.69, 9.17) is 9.16 Å². The Morgan fingerprint density at radius 1 is 0.933 bits per heavy atom. The van der Waals surface area contributed by atoms with E-state index in [0.717, 1.165) is 20.8 Å². The summed E-state index contributed by atoms with van der Waals surface area (Å²) in [6, 6.07) is 28.6. The summed E-state index contributed by atoms with van der Waals surface area (Å²) in [5.41, 5.74) is 0.742. The summed E-state index contributed by atoms with van der Waals surface area (Å²) < 4.78 is 42.5. The number of likely N-dealkylation sites (tertiary alicyclic amines) is 1. The van der Waals surface area contributed by atoms with Gasteiger partial charge in [0.25, 0.3) is 8.32 Å². The normalized spacial score (nSPS) is 16.7. The van der Waals surface area contributed by atoms with Crippen molar-refractivity contribution in [3.63, 3.8) is 0 Å². The number of piperidine rings is 1. The molecule has 240 valence electrons. The fourth-order valence-corrected chi connectivity index (χ4v) is 10.5. The van der Waals surface area contributed by atoms with Crippen LogP contribution in [0, 0.1) is 5.92 Å². The van der Waals surface area contributed by atoms with Gasteiger partial charge in [0.05, 0.1) is 6.10 Å². The smallest absolute Gasteiger partial charge is 0.410 e. The fraction of sp³-hybridized carbons (Fsp3) is 0.400. The van der Waals surface area contributed by atoms with E-state index >= 15 is 8.78 Å². The van der Waals surface area contributed by atoms with Gasteiger partial charge >= 0.3 is 12.0 Å². The molecule has 2 unspecified atom stereocenters. The predicted molar refractivity (Wildman–Crippen MR) is 170 cm³/mol. The third-order valence-corrected chi connectivity index (χ3v) is 13.3. The Bertz CT molecular complexity index is 1390. The molecule has 0 spiro atoms. The highest BCUT2D eigenvalue weighted by atomic mass is 28.4. The van der Waals surface area contributed by atoms with Crippen molar-refractivity contribution in [2.24, 2.45) is 5.92 Å². The number of aliphatic hydroxyl groups is 1. The fourth-order valence-electron chi connectivity index (χ4n) is 5.90. The van der Waals surface area contributed by atoms with Crippen molar-refractivity contribution in [1.29, 1.82) is 0 Å². The van der Waals surface area contributed by atoms with Crippen LogP contribution in [0.4, 0.5) is 13.6 Å². The number of aliphatic hydroxyl groups excluding tert-OH is 1. The number of carbonyl (C=O) groups excluding carboxylic acids is 3. The van der Waals surface area contributed by atoms with Crippen LogP contribution in [0.5, 0.6) is 0 Å². The van der Waals surface area contributed by atoms with Gasteiger partial charge < -0.3 is 19.2 Å². The standard InChI is InChI=1S/C35H41F2NO6Si/c1-34(2,3)45(28-15-9-5-10-16-28,29-17-11-6-12-18-29)44-22-20-27(39)23-35(36,37)32(41)30-24-38(21-19-31(30)40)33(42)43-25-26-13-7-4-8-14-26/h4-18,27,30,39H,19-25H2,1-3H3. The van der Waals surface area contributed by atoms with Gasteiger partial charge in [0, 0.05) is 32.5 Å². The summed E-state index contributed by atoms with van der Waals surface area (Å²) in [6.45, 7) is 5.71. The zero-order valence-electron chi connectivity index (χ0n) is 26.0. The van der Waals surface area contributed by atoms with Crippen molar-refractivity contribution in [3.05, 3.63) is 96.6 Å². The van der Waals surface area contributed by atoms with Gasteiger partial charge in [-0.3, -0.25) is 9.59 Å². The SMILES string of the molecule is CC(C)(C)[Si](OCCC(O)CC(F)(F)C(=O)C1CN(C(=O)OCc2ccccc2)CCC1=O)(c1ccccc1)c1ccccc1. The minimum absolute atomic E-state index is 0.0118. The molecule has 1 aliphatic rings. The number of ether oxygens (including phenoxy) is 1. The van der Waals surface area contributed by atoms with E-state index in [9.17, 15) is 19.5 Å². The topological polar surface area (TPSA) is 93.1 Å². The van der Waals surface area contributed by atoms with Crippen LogP contribution in [0.1, 0.15) is 45.6 Å². The van der Waals surface area contributed by atoms with Crippen molar-refractivity contribution in [1.82, 2.24) is 4.90 Å². The molecule has 0 radical (unpaired) electrons. The molecule has 3 aromatic rings. The number of alkyl halides is 2. The van der Waals surface area contributed by atoms with Crippen LogP contribution in [0.25, 0.3) is 0 Å². The second kappa shape index (κ2) is 14.6. The van der Waals surface area contributed by atoms with E-state index < -0.39 is 56.9 Å². The van der Waals surface area contributed by atoms with E-state index in [-0.39, 0.29) is 37.6 Å². The lowest BCUT2D eigenvalue weighted by atomic mass is 9.87. The van der Waals surface area contributed by atoms with Crippen molar-refractivity contribution < 1.29 is 37.4 Å². The molecular weight excluding hydrogens is 596 g/mol. The van der Waals surface area contributed by atoms with E-state index in [1.807, 2.05) is 66.7 Å². The largest absolute Gasteiger partial charge is 0.445 e. The maximum absolute atomic E-state index is 15.3. The quantitative estimate of drug-likeness (QED) is 0.219. The third kappa shape index (κ3) is 8.11. The molecule has 1 aliphatic heterocycles. The Labute approximate surface area is 264 Å². The number of hydrogen-bond donors (Lipinski definition) is 1. The summed E-state index contributed by atoms with van der Waals surface area (Å²) >= 11 is 0. The maximum Gasteiger partial charge on any atom is 0.410 e. The first-order valence-electron chi connectivity index (χ1n) is 15.2. The van der Waals surface area contributed by atoms with Gasteiger partial charge in [-0.05, 0) is 27.4 Å². The number of amides is 1. The highest BCUT2D eigenvalue weighted by molar-refractivity contribution is 6.99. The van der Waals surface area contributed by atoms with Crippen LogP contribution in [-0.4, -0.2) is 67.7 Å². The molecule has 4 rings (SSSR count). The lowest BCUT2D eigenvalue weighted by Gasteiger charge is -2.43. The lowest BCUT2D eigenvalue weighted by Crippen LogP contribution is -2.66. The first-order valence-corrected chi connectivity index (χ1v) is 17.1. The molecule has 1 heterocycles. The Morgan fingerprint density at radius 3 is 2.00 bits per heavy atom. The maximum atomic E-state index is 15.3. The van der Waals surface area contributed by atoms with E-state index in [0.29, 0.717) is 0 Å². The number of rotatable bonds is 12. The molecule has 2 atom stereocenters. The molecule has 1 saturated heterocycles. The molecule has 0 bridgehead atoms. The molecule has 3 aromatic carbocycles. The summed E-state index contributed by atoms with van der Waals surface area (Å²) in [7, 11) is -2.94. The number of halogens is 2. The van der Waals surface area contributed by atoms with Crippen molar-refractivity contribution in [2.45, 2.75) is 63.7 Å². The van der Waals surface area contributed by atoms with Crippen molar-refractivity contribution >= 4 is 36.4 Å². The number of nitrogens with zero attached hydrogens (tertiary/aromatic N) is 1. The summed E-state index contributed by atoms with van der Waals surface area (Å²) in [5, 5.41) is 12.4. The first-order chi connectivity index (χ1) is 21.3. The van der Waals surface area contributed by atoms with Crippen LogP contribution in [0.3, 0.4) is 0 Å². The van der Waals surface area contributed by atoms with Gasteiger partial charge in [0.2, 0.25) is 5.78 Å². The molecule has 1 amide bonds. The zero-order chi connectivity index (χ0) is 32.7. The predicted octanol–water partition coefficient (Wildman–Crippen LogP) is 5.14. The van der Waals surface area contributed by atoms with E-state index in [2.05, 4.69) is 20.8 Å². The molecule has 1 N–H and O–H groups in total. The molecule has 45 heavy (non-hydrogen) atoms. The van der Waals surface area contributed by atoms with Crippen LogP contribution < -0.4 is 10.4 Å². The second-order valence-electron chi connectivity index (χ2n) is 12.5. The van der Waals surface area contributed by atoms with E-state index in [1.165, 1.54) is 0 Å². The summed E-state index contributed by atoms with van der Waals surface area (Å²) in [4.78, 5) is 39.2. The van der Waals surface area contributed by atoms with Gasteiger partial charge in [0.15, 0.2) is 0 Å². The van der Waals surface area contributed by atoms with Gasteiger partial charge in [-0.2, -0.15) is 8.78 Å². The minimum Gasteiger partial charge on any atom is -0.445 e. The minimum atomic E-state index is -3.98. The van der Waals surface area contributed by atoms with Gasteiger partial charge in [0.1, 0.15) is 18.3 Å². The third-order valence-electron chi connectivity index (χ3n) is 8.24. The second-order valence-corrected chi connectivity index (χ2v) is 16.8. The van der Waals surface area contributed by atoms with Gasteiger partial charge in [-0.1, -0.05) is 112 Å². The highest BCUT2D eigenvalue weighted by Crippen LogP contribution is 2.37. The van der Waals surface area contributed by atoms with E-state index in [1.54, 1.807) is 24.3 Å². The Morgan fingerprint density at radius 2 is 1.47 bits per heavy atom. The van der Waals surface area contributed by atoms with Crippen molar-refractivity contribution in [3.8, 4) is 0 Å². The van der Waals surface area contributed by atoms with Crippen molar-refractivity contribution in [2.75, 3.05) is 19.7 Å². The monoisotopic (exact) mass is 637 g/mol. The molecule has 0 aliphatic carbocycles. The number of Topliss-reactive ketones (excluding diaryl/α,β-unsaturated/α-hetero) is 2. The molecule has 0 aromatic heterocycles. The van der Waals surface area contributed by atoms with Crippen LogP contribution >= 0.6 is 0 Å². The molecule has 1 fully saturated rings. The van der Waals surface area contributed by atoms with Gasteiger partial charge in [-0.15, -0.1) is 0 Å². The molecule has 0 saturated carbocycles. The van der Waals surface area contributed by atoms with Crippen LogP contribution in [-0.2, 0) is 25.4 Å². The zero-order valence-corrected chi connectivity index (χ0v) is 27.0. The number of benzene rings is 3. The Balaban J connectivity index is 1.39. The summed E-state index contributed by atoms with van der Waals surface area (Å²) in [5.74, 6) is -7.93.